The van der Waals surface area contributed by atoms with Crippen molar-refractivity contribution in [1.82, 2.24) is 0 Å². The van der Waals surface area contributed by atoms with Gasteiger partial charge in [-0.1, -0.05) is 6.07 Å². The van der Waals surface area contributed by atoms with E-state index in [1.165, 1.54) is 11.8 Å². The Morgan fingerprint density at radius 1 is 0.818 bits per heavy atom. The molecule has 3 aromatic carbocycles. The second kappa shape index (κ2) is 11.3. The Kier molecular flexibility index (Phi) is 8.21. The fraction of sp³-hybridized carbons (Fsp3) is 0.200. The molecular formula is C25H26N2O5S. The molecule has 2 N–H and O–H groups in total. The molecular weight excluding hydrogens is 440 g/mol. The summed E-state index contributed by atoms with van der Waals surface area (Å²) in [5, 5.41) is 5.38. The standard InChI is InChI=1S/C25H26N2O5S/c1-16(24(28)27-22-15-20(31-3)12-13-23(22)32-4)33-21-7-5-6-18(14-21)26-25(29)17-8-10-19(30-2)11-9-17/h5-16H,1-4H3,(H,26,29)(H,27,28). The van der Waals surface area contributed by atoms with Crippen LogP contribution in [0.2, 0.25) is 0 Å². The first-order valence-corrected chi connectivity index (χ1v) is 11.1. The zero-order valence-electron chi connectivity index (χ0n) is 18.9. The molecule has 7 nitrogen and oxygen atoms in total. The number of nitrogens with one attached hydrogen (secondary N) is 2. The van der Waals surface area contributed by atoms with Crippen molar-refractivity contribution in [2.45, 2.75) is 17.1 Å². The van der Waals surface area contributed by atoms with Gasteiger partial charge in [-0.05, 0) is 61.5 Å². The van der Waals surface area contributed by atoms with E-state index >= 15 is 0 Å². The molecule has 0 aromatic heterocycles. The average Bonchev–Trinajstić information content (AvgIpc) is 2.84. The molecule has 0 aliphatic rings. The average molecular weight is 467 g/mol. The van der Waals surface area contributed by atoms with Crippen molar-refractivity contribution >= 4 is 35.0 Å². The van der Waals surface area contributed by atoms with Crippen LogP contribution in [0.5, 0.6) is 17.2 Å². The van der Waals surface area contributed by atoms with Crippen molar-refractivity contribution in [3.8, 4) is 17.2 Å². The zero-order valence-corrected chi connectivity index (χ0v) is 19.7. The third-order valence-electron chi connectivity index (χ3n) is 4.79. The quantitative estimate of drug-likeness (QED) is 0.428. The number of thioether (sulfide) groups is 1. The molecule has 0 fully saturated rings. The predicted octanol–water partition coefficient (Wildman–Crippen LogP) is 5.08. The van der Waals surface area contributed by atoms with Crippen LogP contribution in [0.15, 0.2) is 71.6 Å². The maximum absolute atomic E-state index is 12.8. The minimum atomic E-state index is -0.395. The minimum Gasteiger partial charge on any atom is -0.497 e. The largest absolute Gasteiger partial charge is 0.497 e. The summed E-state index contributed by atoms with van der Waals surface area (Å²) in [7, 11) is 4.68. The Labute approximate surface area is 197 Å². The summed E-state index contributed by atoms with van der Waals surface area (Å²) in [5.41, 5.74) is 1.70. The number of anilines is 2. The van der Waals surface area contributed by atoms with E-state index in [0.717, 1.165) is 4.90 Å². The Bertz CT molecular complexity index is 1120. The third kappa shape index (κ3) is 6.43. The maximum atomic E-state index is 12.8. The van der Waals surface area contributed by atoms with Crippen LogP contribution in [0, 0.1) is 0 Å². The highest BCUT2D eigenvalue weighted by atomic mass is 32.2. The lowest BCUT2D eigenvalue weighted by molar-refractivity contribution is -0.115. The Morgan fingerprint density at radius 3 is 2.18 bits per heavy atom. The molecule has 3 rings (SSSR count). The van der Waals surface area contributed by atoms with Crippen LogP contribution in [0.3, 0.4) is 0 Å². The lowest BCUT2D eigenvalue weighted by atomic mass is 10.2. The highest BCUT2D eigenvalue weighted by Gasteiger charge is 2.17. The molecule has 0 spiro atoms. The predicted molar refractivity (Wildman–Crippen MR) is 131 cm³/mol. The highest BCUT2D eigenvalue weighted by Crippen LogP contribution is 2.31. The summed E-state index contributed by atoms with van der Waals surface area (Å²) in [6.45, 7) is 1.81. The minimum absolute atomic E-state index is 0.181. The molecule has 3 aromatic rings. The number of amides is 2. The van der Waals surface area contributed by atoms with E-state index < -0.39 is 5.25 Å². The molecule has 0 heterocycles. The molecule has 0 saturated heterocycles. The second-order valence-electron chi connectivity index (χ2n) is 7.03. The molecule has 33 heavy (non-hydrogen) atoms. The van der Waals surface area contributed by atoms with Crippen molar-refractivity contribution in [2.24, 2.45) is 0 Å². The number of methoxy groups -OCH3 is 3. The fourth-order valence-electron chi connectivity index (χ4n) is 3.00. The SMILES string of the molecule is COc1ccc(C(=O)Nc2cccc(SC(C)C(=O)Nc3cc(OC)ccc3OC)c2)cc1. The normalized spacial score (nSPS) is 11.3. The van der Waals surface area contributed by atoms with E-state index in [1.807, 2.05) is 25.1 Å². The van der Waals surface area contributed by atoms with Crippen LogP contribution < -0.4 is 24.8 Å². The van der Waals surface area contributed by atoms with Crippen molar-refractivity contribution < 1.29 is 23.8 Å². The van der Waals surface area contributed by atoms with Gasteiger partial charge in [-0.15, -0.1) is 11.8 Å². The van der Waals surface area contributed by atoms with Gasteiger partial charge in [0.2, 0.25) is 5.91 Å². The van der Waals surface area contributed by atoms with Crippen molar-refractivity contribution in [3.05, 3.63) is 72.3 Å². The molecule has 8 heteroatoms. The summed E-state index contributed by atoms with van der Waals surface area (Å²) in [4.78, 5) is 26.2. The van der Waals surface area contributed by atoms with E-state index in [2.05, 4.69) is 10.6 Å². The number of carbonyl (C=O) groups is 2. The van der Waals surface area contributed by atoms with Crippen molar-refractivity contribution in [3.63, 3.8) is 0 Å². The van der Waals surface area contributed by atoms with Gasteiger partial charge >= 0.3 is 0 Å². The first-order valence-electron chi connectivity index (χ1n) is 10.2. The molecule has 1 unspecified atom stereocenters. The summed E-state index contributed by atoms with van der Waals surface area (Å²) in [6, 6.07) is 19.4. The number of rotatable bonds is 9. The zero-order chi connectivity index (χ0) is 23.8. The molecule has 0 saturated carbocycles. The van der Waals surface area contributed by atoms with E-state index in [-0.39, 0.29) is 11.8 Å². The Morgan fingerprint density at radius 2 is 1.52 bits per heavy atom. The van der Waals surface area contributed by atoms with Gasteiger partial charge in [-0.3, -0.25) is 9.59 Å². The number of benzene rings is 3. The summed E-state index contributed by atoms with van der Waals surface area (Å²) in [5.74, 6) is 1.44. The van der Waals surface area contributed by atoms with E-state index in [9.17, 15) is 9.59 Å². The lowest BCUT2D eigenvalue weighted by Gasteiger charge is -2.15. The molecule has 2 amide bonds. The first-order chi connectivity index (χ1) is 15.9. The van der Waals surface area contributed by atoms with Crippen molar-refractivity contribution in [2.75, 3.05) is 32.0 Å². The number of carbonyl (C=O) groups excluding carboxylic acids is 2. The smallest absolute Gasteiger partial charge is 0.255 e. The van der Waals surface area contributed by atoms with Crippen LogP contribution in [0.4, 0.5) is 11.4 Å². The summed E-state index contributed by atoms with van der Waals surface area (Å²) < 4.78 is 15.7. The van der Waals surface area contributed by atoms with Gasteiger partial charge in [0, 0.05) is 22.2 Å². The topological polar surface area (TPSA) is 85.9 Å². The van der Waals surface area contributed by atoms with Crippen LogP contribution in [-0.2, 0) is 4.79 Å². The molecule has 172 valence electrons. The van der Waals surface area contributed by atoms with Gasteiger partial charge in [0.1, 0.15) is 17.2 Å². The van der Waals surface area contributed by atoms with Crippen LogP contribution >= 0.6 is 11.8 Å². The molecule has 0 bridgehead atoms. The van der Waals surface area contributed by atoms with Gasteiger partial charge in [0.05, 0.1) is 32.3 Å². The van der Waals surface area contributed by atoms with Gasteiger partial charge in [0.15, 0.2) is 0 Å². The van der Waals surface area contributed by atoms with E-state index in [0.29, 0.717) is 34.2 Å². The van der Waals surface area contributed by atoms with E-state index in [1.54, 1.807) is 69.9 Å². The monoisotopic (exact) mass is 466 g/mol. The molecule has 0 radical (unpaired) electrons. The Balaban J connectivity index is 1.64. The second-order valence-corrected chi connectivity index (χ2v) is 8.44. The molecule has 0 aliphatic carbocycles. The Hall–Kier alpha value is -3.65. The van der Waals surface area contributed by atoms with Gasteiger partial charge in [-0.2, -0.15) is 0 Å². The van der Waals surface area contributed by atoms with Crippen molar-refractivity contribution in [1.29, 1.82) is 0 Å². The molecule has 1 atom stereocenters. The van der Waals surface area contributed by atoms with E-state index in [4.69, 9.17) is 14.2 Å². The maximum Gasteiger partial charge on any atom is 0.255 e. The highest BCUT2D eigenvalue weighted by molar-refractivity contribution is 8.00. The third-order valence-corrected chi connectivity index (χ3v) is 5.88. The lowest BCUT2D eigenvalue weighted by Crippen LogP contribution is -2.22. The first kappa shape index (κ1) is 24.0. The van der Waals surface area contributed by atoms with Crippen LogP contribution in [-0.4, -0.2) is 38.4 Å². The summed E-state index contributed by atoms with van der Waals surface area (Å²) >= 11 is 1.38. The number of ether oxygens (including phenoxy) is 3. The van der Waals surface area contributed by atoms with Gasteiger partial charge < -0.3 is 24.8 Å². The van der Waals surface area contributed by atoms with Gasteiger partial charge in [-0.25, -0.2) is 0 Å². The van der Waals surface area contributed by atoms with Gasteiger partial charge in [0.25, 0.3) is 5.91 Å². The summed E-state index contributed by atoms with van der Waals surface area (Å²) in [6.07, 6.45) is 0. The fourth-order valence-corrected chi connectivity index (χ4v) is 3.92. The number of hydrogen-bond donors (Lipinski definition) is 2. The van der Waals surface area contributed by atoms with Crippen LogP contribution in [0.25, 0.3) is 0 Å². The number of hydrogen-bond acceptors (Lipinski definition) is 6. The van der Waals surface area contributed by atoms with Crippen LogP contribution in [0.1, 0.15) is 17.3 Å². The molecule has 0 aliphatic heterocycles.